The van der Waals surface area contributed by atoms with Crippen LogP contribution in [0.3, 0.4) is 0 Å². The average Bonchev–Trinajstić information content (AvgIpc) is 2.68. The number of unbranched alkanes of at least 4 members (excludes halogenated alkanes) is 2. The zero-order valence-electron chi connectivity index (χ0n) is 18.2. The van der Waals surface area contributed by atoms with Crippen molar-refractivity contribution in [3.8, 4) is 22.8 Å². The van der Waals surface area contributed by atoms with Crippen LogP contribution in [0.4, 0.5) is 0 Å². The zero-order chi connectivity index (χ0) is 20.6. The van der Waals surface area contributed by atoms with Gasteiger partial charge in [0.1, 0.15) is 17.1 Å². The van der Waals surface area contributed by atoms with E-state index in [4.69, 9.17) is 4.74 Å². The Bertz CT molecular complexity index is 914. The number of fused-ring (bicyclic) bond motifs is 3. The number of aromatic hydroxyl groups is 1. The van der Waals surface area contributed by atoms with Crippen LogP contribution in [-0.4, -0.2) is 15.7 Å². The van der Waals surface area contributed by atoms with Gasteiger partial charge in [-0.15, -0.1) is 0 Å². The predicted molar refractivity (Wildman–Crippen MR) is 118 cm³/mol. The molecule has 2 aliphatic rings. The maximum absolute atomic E-state index is 11.6. The van der Waals surface area contributed by atoms with Crippen LogP contribution in [0.1, 0.15) is 76.8 Å². The maximum atomic E-state index is 11.6. The number of aromatic nitrogens is 1. The van der Waals surface area contributed by atoms with Gasteiger partial charge in [-0.05, 0) is 70.2 Å². The number of phenols is 1. The minimum Gasteiger partial charge on any atom is -0.507 e. The van der Waals surface area contributed by atoms with E-state index >= 15 is 0 Å². The molecule has 1 aliphatic carbocycles. The molecule has 2 atom stereocenters. The van der Waals surface area contributed by atoms with Crippen molar-refractivity contribution in [2.24, 2.45) is 5.92 Å². The summed E-state index contributed by atoms with van der Waals surface area (Å²) < 4.78 is 6.53. The van der Waals surface area contributed by atoms with Gasteiger partial charge < -0.3 is 9.84 Å². The zero-order valence-corrected chi connectivity index (χ0v) is 18.2. The van der Waals surface area contributed by atoms with Crippen LogP contribution in [0.5, 0.6) is 11.5 Å². The molecular formula is C26H33NO2. The molecule has 3 nitrogen and oxygen atoms in total. The second-order valence-electron chi connectivity index (χ2n) is 9.23. The predicted octanol–water partition coefficient (Wildman–Crippen LogP) is 6.80. The van der Waals surface area contributed by atoms with Crippen molar-refractivity contribution in [2.75, 3.05) is 0 Å². The average molecular weight is 392 g/mol. The van der Waals surface area contributed by atoms with Crippen LogP contribution in [0.25, 0.3) is 11.3 Å². The molecular weight excluding hydrogens is 358 g/mol. The van der Waals surface area contributed by atoms with E-state index in [9.17, 15) is 5.11 Å². The first-order valence-electron chi connectivity index (χ1n) is 11.1. The Morgan fingerprint density at radius 3 is 2.79 bits per heavy atom. The normalized spacial score (nSPS) is 22.3. The summed E-state index contributed by atoms with van der Waals surface area (Å²) in [5.41, 5.74) is 4.98. The van der Waals surface area contributed by atoms with E-state index in [1.807, 2.05) is 18.2 Å². The Morgan fingerprint density at radius 2 is 2.07 bits per heavy atom. The van der Waals surface area contributed by atoms with E-state index in [0.29, 0.717) is 11.7 Å². The van der Waals surface area contributed by atoms with Crippen molar-refractivity contribution in [3.05, 3.63) is 53.2 Å². The summed E-state index contributed by atoms with van der Waals surface area (Å²) >= 11 is 0. The second-order valence-corrected chi connectivity index (χ2v) is 9.23. The van der Waals surface area contributed by atoms with Gasteiger partial charge in [-0.1, -0.05) is 37.5 Å². The molecule has 154 valence electrons. The lowest BCUT2D eigenvalue weighted by Crippen LogP contribution is -2.45. The Balaban J connectivity index is 1.91. The van der Waals surface area contributed by atoms with Crippen molar-refractivity contribution in [1.82, 2.24) is 4.98 Å². The lowest BCUT2D eigenvalue weighted by molar-refractivity contribution is 0.0108. The maximum Gasteiger partial charge on any atom is 0.132 e. The third kappa shape index (κ3) is 3.68. The fourth-order valence-electron chi connectivity index (χ4n) is 5.17. The van der Waals surface area contributed by atoms with Gasteiger partial charge in [0, 0.05) is 29.2 Å². The molecule has 29 heavy (non-hydrogen) atoms. The number of hydrogen-bond donors (Lipinski definition) is 1. The van der Waals surface area contributed by atoms with E-state index in [1.165, 1.54) is 18.4 Å². The Hall–Kier alpha value is -2.29. The van der Waals surface area contributed by atoms with Gasteiger partial charge in [0.05, 0.1) is 5.69 Å². The summed E-state index contributed by atoms with van der Waals surface area (Å²) in [4.78, 5) is 4.58. The molecule has 0 fully saturated rings. The molecule has 0 radical (unpaired) electrons. The molecule has 1 aliphatic heterocycles. The number of pyridine rings is 1. The number of ether oxygens (including phenoxy) is 1. The molecule has 1 N–H and O–H groups in total. The van der Waals surface area contributed by atoms with Crippen molar-refractivity contribution in [1.29, 1.82) is 0 Å². The van der Waals surface area contributed by atoms with Gasteiger partial charge in [-0.3, -0.25) is 4.98 Å². The number of hydrogen-bond acceptors (Lipinski definition) is 3. The van der Waals surface area contributed by atoms with Crippen LogP contribution in [0, 0.1) is 5.92 Å². The third-order valence-corrected chi connectivity index (χ3v) is 6.70. The van der Waals surface area contributed by atoms with Gasteiger partial charge in [0.2, 0.25) is 0 Å². The summed E-state index contributed by atoms with van der Waals surface area (Å²) in [7, 11) is 0. The van der Waals surface area contributed by atoms with Crippen molar-refractivity contribution in [2.45, 2.75) is 77.7 Å². The van der Waals surface area contributed by atoms with Gasteiger partial charge in [-0.2, -0.15) is 0 Å². The molecule has 1 aromatic carbocycles. The highest BCUT2D eigenvalue weighted by molar-refractivity contribution is 5.76. The highest BCUT2D eigenvalue weighted by atomic mass is 16.5. The first-order valence-corrected chi connectivity index (χ1v) is 11.1. The quantitative estimate of drug-likeness (QED) is 0.450. The molecule has 4 rings (SSSR count). The first-order chi connectivity index (χ1) is 13.9. The minimum absolute atomic E-state index is 0.189. The van der Waals surface area contributed by atoms with Crippen molar-refractivity contribution >= 4 is 0 Å². The van der Waals surface area contributed by atoms with Gasteiger partial charge in [0.25, 0.3) is 0 Å². The molecule has 0 amide bonds. The highest BCUT2D eigenvalue weighted by Crippen LogP contribution is 2.55. The topological polar surface area (TPSA) is 42.4 Å². The summed E-state index contributed by atoms with van der Waals surface area (Å²) in [5.74, 6) is 1.77. The highest BCUT2D eigenvalue weighted by Gasteiger charge is 2.45. The fourth-order valence-corrected chi connectivity index (χ4v) is 5.17. The number of rotatable bonds is 5. The van der Waals surface area contributed by atoms with Crippen LogP contribution in [-0.2, 0) is 6.42 Å². The first kappa shape index (κ1) is 20.0. The number of allylic oxidation sites excluding steroid dienone is 2. The minimum atomic E-state index is -0.242. The fraction of sp³-hybridized carbons (Fsp3) is 0.500. The molecule has 0 bridgehead atoms. The summed E-state index contributed by atoms with van der Waals surface area (Å²) in [5, 5.41) is 11.6. The molecule has 2 unspecified atom stereocenters. The van der Waals surface area contributed by atoms with Crippen molar-refractivity contribution in [3.63, 3.8) is 0 Å². The summed E-state index contributed by atoms with van der Waals surface area (Å²) in [6.45, 7) is 8.81. The van der Waals surface area contributed by atoms with E-state index in [-0.39, 0.29) is 11.5 Å². The van der Waals surface area contributed by atoms with Crippen LogP contribution >= 0.6 is 0 Å². The number of phenolic OH excluding ortho intramolecular Hbond substituents is 1. The SMILES string of the molecule is CCCCCc1cc2c(c(O)c1-c1ccccn1)C1C=C(C)CCC1C(C)(C)O2. The van der Waals surface area contributed by atoms with Crippen LogP contribution in [0.15, 0.2) is 42.1 Å². The van der Waals surface area contributed by atoms with Gasteiger partial charge in [0.15, 0.2) is 0 Å². The number of benzene rings is 1. The van der Waals surface area contributed by atoms with E-state index in [1.54, 1.807) is 6.20 Å². The lowest BCUT2D eigenvalue weighted by Gasteiger charge is -2.46. The molecule has 3 heteroatoms. The third-order valence-electron chi connectivity index (χ3n) is 6.70. The van der Waals surface area contributed by atoms with Crippen LogP contribution < -0.4 is 4.74 Å². The van der Waals surface area contributed by atoms with Gasteiger partial charge >= 0.3 is 0 Å². The number of nitrogens with zero attached hydrogens (tertiary/aromatic N) is 1. The smallest absolute Gasteiger partial charge is 0.132 e. The standard InChI is InChI=1S/C26H33NO2/c1-5-6-7-10-18-16-22-24(25(28)23(18)21-11-8-9-14-27-21)19-15-17(2)12-13-20(19)26(3,4)29-22/h8-9,11,14-16,19-20,28H,5-7,10,12-13H2,1-4H3. The van der Waals surface area contributed by atoms with E-state index < -0.39 is 0 Å². The number of aryl methyl sites for hydroxylation is 1. The molecule has 2 heterocycles. The van der Waals surface area contributed by atoms with Crippen molar-refractivity contribution < 1.29 is 9.84 Å². The molecule has 0 spiro atoms. The lowest BCUT2D eigenvalue weighted by atomic mass is 9.67. The second kappa shape index (κ2) is 7.85. The molecule has 0 saturated heterocycles. The molecule has 1 aromatic heterocycles. The summed E-state index contributed by atoms with van der Waals surface area (Å²) in [6, 6.07) is 8.09. The Labute approximate surface area is 174 Å². The van der Waals surface area contributed by atoms with Gasteiger partial charge in [-0.25, -0.2) is 0 Å². The van der Waals surface area contributed by atoms with E-state index in [0.717, 1.165) is 53.8 Å². The molecule has 0 saturated carbocycles. The Morgan fingerprint density at radius 1 is 1.24 bits per heavy atom. The van der Waals surface area contributed by atoms with E-state index in [2.05, 4.69) is 44.8 Å². The van der Waals surface area contributed by atoms with Crippen LogP contribution in [0.2, 0.25) is 0 Å². The molecule has 2 aromatic rings. The monoisotopic (exact) mass is 391 g/mol. The largest absolute Gasteiger partial charge is 0.507 e. The summed E-state index contributed by atoms with van der Waals surface area (Å²) in [6.07, 6.45) is 10.7. The Kier molecular flexibility index (Phi) is 5.42.